The van der Waals surface area contributed by atoms with Crippen LogP contribution in [0.5, 0.6) is 5.75 Å². The third-order valence-corrected chi connectivity index (χ3v) is 3.99. The summed E-state index contributed by atoms with van der Waals surface area (Å²) >= 11 is 0. The molecule has 1 N–H and O–H groups in total. The Hall–Kier alpha value is -2.17. The number of fused-ring (bicyclic) bond motifs is 1. The standard InChI is InChI=1S/C18H25N3O2/c1-3-5-10-21(11-6-4-2)13-14-12-16(20-23)15-8-7-9-19-17(15)18(14)22/h8-9,12-13,22H,3-7,10-11H2,1-2H3. The highest BCUT2D eigenvalue weighted by Gasteiger charge is 2.12. The minimum Gasteiger partial charge on any atom is -0.505 e. The molecule has 0 unspecified atom stereocenters. The predicted molar refractivity (Wildman–Crippen MR) is 95.9 cm³/mol. The fraction of sp³-hybridized carbons (Fsp3) is 0.500. The molecular weight excluding hydrogens is 290 g/mol. The lowest BCUT2D eigenvalue weighted by Gasteiger charge is -2.20. The molecule has 1 aromatic carbocycles. The van der Waals surface area contributed by atoms with Crippen LogP contribution in [-0.2, 0) is 0 Å². The van der Waals surface area contributed by atoms with E-state index in [1.165, 1.54) is 0 Å². The van der Waals surface area contributed by atoms with E-state index < -0.39 is 0 Å². The van der Waals surface area contributed by atoms with Gasteiger partial charge in [0, 0.05) is 42.4 Å². The van der Waals surface area contributed by atoms with Crippen LogP contribution < -0.4 is 10.4 Å². The molecular formula is C18H25N3O2. The van der Waals surface area contributed by atoms with E-state index in [0.717, 1.165) is 38.8 Å². The first-order valence-corrected chi connectivity index (χ1v) is 8.39. The highest BCUT2D eigenvalue weighted by Crippen LogP contribution is 2.23. The number of nitroso groups, excluding NO2 is 1. The smallest absolute Gasteiger partial charge is 0.150 e. The van der Waals surface area contributed by atoms with Gasteiger partial charge in [-0.1, -0.05) is 32.8 Å². The first-order chi connectivity index (χ1) is 11.2. The number of unbranched alkanes of at least 4 members (excludes halogenated alkanes) is 2. The van der Waals surface area contributed by atoms with Gasteiger partial charge in [0.15, 0.2) is 5.75 Å². The summed E-state index contributed by atoms with van der Waals surface area (Å²) in [5.74, 6) is 0.123. The Kier molecular flexibility index (Phi) is 6.32. The van der Waals surface area contributed by atoms with Gasteiger partial charge in [0.05, 0.1) is 0 Å². The summed E-state index contributed by atoms with van der Waals surface area (Å²) in [6, 6.07) is 1.66. The van der Waals surface area contributed by atoms with E-state index in [9.17, 15) is 10.0 Å². The Morgan fingerprint density at radius 3 is 2.61 bits per heavy atom. The number of hydrogen-bond acceptors (Lipinski definition) is 5. The van der Waals surface area contributed by atoms with Crippen LogP contribution in [0, 0.1) is 4.91 Å². The van der Waals surface area contributed by atoms with Gasteiger partial charge in [-0.05, 0) is 24.1 Å². The van der Waals surface area contributed by atoms with E-state index in [1.807, 2.05) is 12.3 Å². The number of phenolic OH excluding ortho intramolecular Hbond substituents is 1. The maximum atomic E-state index is 11.1. The van der Waals surface area contributed by atoms with Crippen LogP contribution in [0.3, 0.4) is 0 Å². The van der Waals surface area contributed by atoms with Crippen molar-refractivity contribution in [3.63, 3.8) is 0 Å². The van der Waals surface area contributed by atoms with Crippen LogP contribution in [0.4, 0.5) is 11.4 Å². The molecule has 5 nitrogen and oxygen atoms in total. The predicted octanol–water partition coefficient (Wildman–Crippen LogP) is 3.32. The van der Waals surface area contributed by atoms with E-state index in [4.69, 9.17) is 0 Å². The van der Waals surface area contributed by atoms with Gasteiger partial charge in [-0.25, -0.2) is 0 Å². The summed E-state index contributed by atoms with van der Waals surface area (Å²) in [5.41, 5.74) is 0.789. The molecule has 0 spiro atoms. The van der Waals surface area contributed by atoms with Crippen LogP contribution in [0.1, 0.15) is 46.0 Å². The second-order valence-electron chi connectivity index (χ2n) is 5.81. The molecule has 0 aromatic heterocycles. The SMILES string of the molecule is CCCCN(C=c1cc(N=O)c2c(c1O)N=CCC=2)CCCC. The Morgan fingerprint density at radius 2 is 2.00 bits per heavy atom. The first kappa shape index (κ1) is 17.2. The average molecular weight is 315 g/mol. The highest BCUT2D eigenvalue weighted by atomic mass is 16.3. The number of phenols is 1. The minimum atomic E-state index is 0.123. The van der Waals surface area contributed by atoms with Crippen molar-refractivity contribution in [3.8, 4) is 5.75 Å². The van der Waals surface area contributed by atoms with Crippen molar-refractivity contribution in [1.82, 2.24) is 4.90 Å². The van der Waals surface area contributed by atoms with E-state index in [1.54, 1.807) is 12.3 Å². The number of aliphatic imine (C=N–C) groups is 1. The van der Waals surface area contributed by atoms with Gasteiger partial charge >= 0.3 is 0 Å². The number of aromatic hydroxyl groups is 1. The molecule has 0 saturated carbocycles. The van der Waals surface area contributed by atoms with E-state index >= 15 is 0 Å². The van der Waals surface area contributed by atoms with Crippen LogP contribution in [0.2, 0.25) is 0 Å². The summed E-state index contributed by atoms with van der Waals surface area (Å²) in [7, 11) is 0. The Morgan fingerprint density at radius 1 is 1.30 bits per heavy atom. The summed E-state index contributed by atoms with van der Waals surface area (Å²) in [6.45, 7) is 6.19. The van der Waals surface area contributed by atoms with Crippen molar-refractivity contribution in [1.29, 1.82) is 0 Å². The monoisotopic (exact) mass is 315 g/mol. The Balaban J connectivity index is 2.47. The van der Waals surface area contributed by atoms with Crippen molar-refractivity contribution >= 4 is 29.9 Å². The van der Waals surface area contributed by atoms with Crippen LogP contribution in [0.25, 0.3) is 12.3 Å². The molecule has 23 heavy (non-hydrogen) atoms. The zero-order valence-electron chi connectivity index (χ0n) is 14.0. The molecule has 1 aliphatic rings. The first-order valence-electron chi connectivity index (χ1n) is 8.39. The zero-order valence-corrected chi connectivity index (χ0v) is 14.0. The summed E-state index contributed by atoms with van der Waals surface area (Å²) < 4.78 is 0. The Bertz CT molecular complexity index is 687. The van der Waals surface area contributed by atoms with Gasteiger partial charge in [-0.3, -0.25) is 4.99 Å². The third-order valence-electron chi connectivity index (χ3n) is 3.99. The molecule has 0 atom stereocenters. The van der Waals surface area contributed by atoms with E-state index in [0.29, 0.717) is 28.2 Å². The molecule has 1 aromatic rings. The topological polar surface area (TPSA) is 65.3 Å². The van der Waals surface area contributed by atoms with E-state index in [2.05, 4.69) is 28.9 Å². The fourth-order valence-corrected chi connectivity index (χ4v) is 2.66. The molecule has 0 bridgehead atoms. The van der Waals surface area contributed by atoms with Gasteiger partial charge in [0.1, 0.15) is 11.4 Å². The molecule has 0 aliphatic carbocycles. The number of rotatable bonds is 8. The normalized spacial score (nSPS) is 13.6. The largest absolute Gasteiger partial charge is 0.505 e. The zero-order chi connectivity index (χ0) is 16.7. The minimum absolute atomic E-state index is 0.123. The summed E-state index contributed by atoms with van der Waals surface area (Å²) in [4.78, 5) is 17.6. The second-order valence-corrected chi connectivity index (χ2v) is 5.81. The molecule has 1 heterocycles. The molecule has 2 rings (SSSR count). The molecule has 0 fully saturated rings. The lowest BCUT2D eigenvalue weighted by molar-refractivity contribution is 0.389. The van der Waals surface area contributed by atoms with Gasteiger partial charge in [-0.15, -0.1) is 4.91 Å². The summed E-state index contributed by atoms with van der Waals surface area (Å²) in [5, 5.41) is 14.9. The maximum Gasteiger partial charge on any atom is 0.150 e. The molecule has 1 aliphatic heterocycles. The molecule has 0 saturated heterocycles. The second kappa shape index (κ2) is 8.46. The number of hydrogen-bond donors (Lipinski definition) is 1. The number of nitrogens with zero attached hydrogens (tertiary/aromatic N) is 3. The maximum absolute atomic E-state index is 11.1. The Labute approximate surface area is 137 Å². The van der Waals surface area contributed by atoms with Crippen molar-refractivity contribution < 1.29 is 5.11 Å². The van der Waals surface area contributed by atoms with Gasteiger partial charge in [-0.2, -0.15) is 0 Å². The van der Waals surface area contributed by atoms with Crippen molar-refractivity contribution in [3.05, 3.63) is 21.4 Å². The fourth-order valence-electron chi connectivity index (χ4n) is 2.66. The molecule has 0 amide bonds. The summed E-state index contributed by atoms with van der Waals surface area (Å²) in [6.07, 6.45) is 10.6. The van der Waals surface area contributed by atoms with Crippen molar-refractivity contribution in [2.75, 3.05) is 13.1 Å². The average Bonchev–Trinajstić information content (AvgIpc) is 2.59. The lowest BCUT2D eigenvalue weighted by Crippen LogP contribution is -2.24. The molecule has 5 heteroatoms. The third kappa shape index (κ3) is 4.18. The quantitative estimate of drug-likeness (QED) is 0.748. The van der Waals surface area contributed by atoms with E-state index in [-0.39, 0.29) is 5.75 Å². The van der Waals surface area contributed by atoms with Crippen LogP contribution in [0.15, 0.2) is 16.2 Å². The van der Waals surface area contributed by atoms with Crippen molar-refractivity contribution in [2.24, 2.45) is 10.2 Å². The van der Waals surface area contributed by atoms with Crippen molar-refractivity contribution in [2.45, 2.75) is 46.0 Å². The van der Waals surface area contributed by atoms with Gasteiger partial charge in [0.2, 0.25) is 0 Å². The molecule has 0 radical (unpaired) electrons. The van der Waals surface area contributed by atoms with Crippen LogP contribution in [-0.4, -0.2) is 29.3 Å². The van der Waals surface area contributed by atoms with Gasteiger partial charge < -0.3 is 10.0 Å². The molecule has 124 valence electrons. The van der Waals surface area contributed by atoms with Crippen LogP contribution >= 0.6 is 0 Å². The van der Waals surface area contributed by atoms with Gasteiger partial charge in [0.25, 0.3) is 0 Å². The number of benzene rings is 1. The highest BCUT2D eigenvalue weighted by molar-refractivity contribution is 5.79. The lowest BCUT2D eigenvalue weighted by atomic mass is 10.1.